The SMILES string of the molecule is Cc1cc(C2=C(c3ccc(CS(=O)O)cc3F)C(C)(C)OC2=O)ccc1CS(=O)O. The first kappa shape index (κ1) is 22.5. The molecular formula is C21H21FO6S2. The van der Waals surface area contributed by atoms with Gasteiger partial charge in [-0.05, 0) is 49.1 Å². The Labute approximate surface area is 178 Å². The standard InChI is InChI=1S/C21H21FO6S2/c1-12-8-14(5-6-15(12)11-30(26)27)18-19(21(2,3)28-20(18)23)16-7-4-13(9-17(16)22)10-29(24)25/h4-9H,10-11H2,1-3H3,(H,24,25)(H,26,27). The first-order chi connectivity index (χ1) is 14.0. The number of ether oxygens (including phenoxy) is 1. The number of carbonyl (C=O) groups is 1. The maximum atomic E-state index is 15.0. The minimum atomic E-state index is -2.10. The quantitative estimate of drug-likeness (QED) is 0.510. The second-order valence-electron chi connectivity index (χ2n) is 7.54. The van der Waals surface area contributed by atoms with E-state index >= 15 is 0 Å². The molecule has 160 valence electrons. The summed E-state index contributed by atoms with van der Waals surface area (Å²) < 4.78 is 60.8. The van der Waals surface area contributed by atoms with Gasteiger partial charge in [-0.15, -0.1) is 0 Å². The molecule has 1 aliphatic rings. The van der Waals surface area contributed by atoms with E-state index in [1.54, 1.807) is 45.0 Å². The molecule has 6 nitrogen and oxygen atoms in total. The predicted octanol–water partition coefficient (Wildman–Crippen LogP) is 3.82. The molecule has 0 saturated heterocycles. The Kier molecular flexibility index (Phi) is 6.37. The molecule has 0 fully saturated rings. The molecular weight excluding hydrogens is 431 g/mol. The van der Waals surface area contributed by atoms with Gasteiger partial charge in [-0.3, -0.25) is 0 Å². The van der Waals surface area contributed by atoms with Crippen LogP contribution in [0.4, 0.5) is 4.39 Å². The third-order valence-corrected chi connectivity index (χ3v) is 6.05. The van der Waals surface area contributed by atoms with Crippen LogP contribution in [0.15, 0.2) is 36.4 Å². The minimum absolute atomic E-state index is 0.0315. The highest BCUT2D eigenvalue weighted by atomic mass is 32.2. The smallest absolute Gasteiger partial charge is 0.340 e. The van der Waals surface area contributed by atoms with Crippen molar-refractivity contribution in [2.24, 2.45) is 0 Å². The molecule has 2 N–H and O–H groups in total. The highest BCUT2D eigenvalue weighted by Crippen LogP contribution is 2.44. The summed E-state index contributed by atoms with van der Waals surface area (Å²) in [5, 5.41) is 0. The van der Waals surface area contributed by atoms with Crippen LogP contribution in [0.25, 0.3) is 11.1 Å². The van der Waals surface area contributed by atoms with E-state index in [2.05, 4.69) is 0 Å². The number of aryl methyl sites for hydroxylation is 1. The summed E-state index contributed by atoms with van der Waals surface area (Å²) in [7, 11) is 0. The molecule has 0 bridgehead atoms. The van der Waals surface area contributed by atoms with Gasteiger partial charge in [0.2, 0.25) is 0 Å². The van der Waals surface area contributed by atoms with E-state index in [0.29, 0.717) is 22.3 Å². The monoisotopic (exact) mass is 452 g/mol. The van der Waals surface area contributed by atoms with E-state index < -0.39 is 39.5 Å². The first-order valence-corrected chi connectivity index (χ1v) is 11.6. The summed E-state index contributed by atoms with van der Waals surface area (Å²) in [6.07, 6.45) is 0. The average molecular weight is 453 g/mol. The highest BCUT2D eigenvalue weighted by molar-refractivity contribution is 7.78. The maximum Gasteiger partial charge on any atom is 0.340 e. The van der Waals surface area contributed by atoms with Crippen LogP contribution in [-0.2, 0) is 43.2 Å². The van der Waals surface area contributed by atoms with E-state index in [9.17, 15) is 17.6 Å². The van der Waals surface area contributed by atoms with Crippen molar-refractivity contribution in [1.82, 2.24) is 0 Å². The molecule has 9 heteroatoms. The van der Waals surface area contributed by atoms with Gasteiger partial charge in [0.25, 0.3) is 0 Å². The summed E-state index contributed by atoms with van der Waals surface area (Å²) >= 11 is -4.09. The molecule has 2 unspecified atom stereocenters. The van der Waals surface area contributed by atoms with Gasteiger partial charge in [0.15, 0.2) is 22.2 Å². The fraction of sp³-hybridized carbons (Fsp3) is 0.286. The Morgan fingerprint density at radius 1 is 1.03 bits per heavy atom. The zero-order valence-corrected chi connectivity index (χ0v) is 18.2. The largest absolute Gasteiger partial charge is 0.451 e. The zero-order chi connectivity index (χ0) is 22.2. The van der Waals surface area contributed by atoms with Crippen LogP contribution >= 0.6 is 0 Å². The molecule has 30 heavy (non-hydrogen) atoms. The van der Waals surface area contributed by atoms with E-state index in [1.165, 1.54) is 12.1 Å². The Hall–Kier alpha value is -2.20. The molecule has 0 amide bonds. The lowest BCUT2D eigenvalue weighted by Crippen LogP contribution is -2.22. The van der Waals surface area contributed by atoms with Crippen LogP contribution < -0.4 is 0 Å². The van der Waals surface area contributed by atoms with E-state index in [0.717, 1.165) is 5.56 Å². The summed E-state index contributed by atoms with van der Waals surface area (Å²) in [6.45, 7) is 5.10. The Bertz CT molecular complexity index is 1110. The van der Waals surface area contributed by atoms with Gasteiger partial charge in [-0.2, -0.15) is 0 Å². The molecule has 0 aliphatic carbocycles. The first-order valence-electron chi connectivity index (χ1n) is 9.01. The molecule has 0 saturated carbocycles. The third kappa shape index (κ3) is 4.59. The van der Waals surface area contributed by atoms with Crippen LogP contribution in [0.5, 0.6) is 0 Å². The summed E-state index contributed by atoms with van der Waals surface area (Å²) in [5.41, 5.74) is 1.95. The van der Waals surface area contributed by atoms with Gasteiger partial charge in [0, 0.05) is 11.1 Å². The molecule has 0 radical (unpaired) electrons. The summed E-state index contributed by atoms with van der Waals surface area (Å²) in [4.78, 5) is 12.7. The van der Waals surface area contributed by atoms with E-state index in [1.807, 2.05) is 0 Å². The second kappa shape index (κ2) is 8.50. The number of esters is 1. The number of hydrogen-bond acceptors (Lipinski definition) is 4. The van der Waals surface area contributed by atoms with Crippen LogP contribution in [0.2, 0.25) is 0 Å². The molecule has 1 aliphatic heterocycles. The minimum Gasteiger partial charge on any atom is -0.451 e. The molecule has 2 aromatic rings. The van der Waals surface area contributed by atoms with Crippen molar-refractivity contribution >= 4 is 39.3 Å². The average Bonchev–Trinajstić information content (AvgIpc) is 2.84. The molecule has 0 spiro atoms. The molecule has 1 heterocycles. The number of carbonyl (C=O) groups excluding carboxylic acids is 1. The van der Waals surface area contributed by atoms with Gasteiger partial charge in [0.1, 0.15) is 11.4 Å². The lowest BCUT2D eigenvalue weighted by atomic mass is 9.85. The van der Waals surface area contributed by atoms with Crippen molar-refractivity contribution in [1.29, 1.82) is 0 Å². The van der Waals surface area contributed by atoms with Crippen LogP contribution in [0.1, 0.15) is 41.7 Å². The van der Waals surface area contributed by atoms with Crippen LogP contribution in [-0.4, -0.2) is 29.1 Å². The number of rotatable bonds is 6. The Morgan fingerprint density at radius 2 is 1.70 bits per heavy atom. The van der Waals surface area contributed by atoms with Gasteiger partial charge in [-0.25, -0.2) is 17.6 Å². The van der Waals surface area contributed by atoms with Gasteiger partial charge >= 0.3 is 5.97 Å². The highest BCUT2D eigenvalue weighted by Gasteiger charge is 2.42. The lowest BCUT2D eigenvalue weighted by Gasteiger charge is -2.22. The molecule has 0 aromatic heterocycles. The summed E-state index contributed by atoms with van der Waals surface area (Å²) in [5.74, 6) is -1.45. The number of cyclic esters (lactones) is 1. The van der Waals surface area contributed by atoms with Crippen molar-refractivity contribution in [3.8, 4) is 0 Å². The predicted molar refractivity (Wildman–Crippen MR) is 114 cm³/mol. The van der Waals surface area contributed by atoms with Crippen molar-refractivity contribution in [2.75, 3.05) is 0 Å². The lowest BCUT2D eigenvalue weighted by molar-refractivity contribution is -0.141. The number of benzene rings is 2. The van der Waals surface area contributed by atoms with Crippen molar-refractivity contribution < 1.29 is 31.4 Å². The number of halogens is 1. The zero-order valence-electron chi connectivity index (χ0n) is 16.6. The van der Waals surface area contributed by atoms with Gasteiger partial charge < -0.3 is 13.8 Å². The van der Waals surface area contributed by atoms with Crippen molar-refractivity contribution in [3.63, 3.8) is 0 Å². The molecule has 2 aromatic carbocycles. The van der Waals surface area contributed by atoms with E-state index in [-0.39, 0.29) is 22.6 Å². The van der Waals surface area contributed by atoms with Crippen molar-refractivity contribution in [3.05, 3.63) is 70.0 Å². The number of hydrogen-bond donors (Lipinski definition) is 2. The normalized spacial score (nSPS) is 17.7. The maximum absolute atomic E-state index is 15.0. The van der Waals surface area contributed by atoms with Gasteiger partial charge in [0.05, 0.1) is 17.1 Å². The van der Waals surface area contributed by atoms with E-state index in [4.69, 9.17) is 13.8 Å². The third-order valence-electron chi connectivity index (χ3n) is 4.91. The fourth-order valence-electron chi connectivity index (χ4n) is 3.60. The molecule has 3 rings (SSSR count). The van der Waals surface area contributed by atoms with Gasteiger partial charge in [-0.1, -0.05) is 30.3 Å². The molecule has 2 atom stereocenters. The second-order valence-corrected chi connectivity index (χ2v) is 9.40. The Balaban J connectivity index is 2.16. The van der Waals surface area contributed by atoms with Crippen LogP contribution in [0.3, 0.4) is 0 Å². The fourth-order valence-corrected chi connectivity index (χ4v) is 4.65. The van der Waals surface area contributed by atoms with Crippen LogP contribution in [0, 0.1) is 12.7 Å². The Morgan fingerprint density at radius 3 is 2.27 bits per heavy atom. The van der Waals surface area contributed by atoms with Crippen molar-refractivity contribution in [2.45, 2.75) is 37.9 Å². The topological polar surface area (TPSA) is 101 Å². The summed E-state index contributed by atoms with van der Waals surface area (Å²) in [6, 6.07) is 9.22.